The minimum Gasteiger partial charge on any atom is -0.353 e. The first-order valence-electron chi connectivity index (χ1n) is 6.54. The van der Waals surface area contributed by atoms with Gasteiger partial charge in [0.1, 0.15) is 11.6 Å². The van der Waals surface area contributed by atoms with Gasteiger partial charge in [-0.2, -0.15) is 0 Å². The first-order valence-corrected chi connectivity index (χ1v) is 7.07. The van der Waals surface area contributed by atoms with Crippen LogP contribution in [0, 0.1) is 12.7 Å². The Morgan fingerprint density at radius 1 is 1.25 bits per heavy atom. The van der Waals surface area contributed by atoms with Gasteiger partial charge in [0, 0.05) is 24.2 Å². The highest BCUT2D eigenvalue weighted by Crippen LogP contribution is 2.26. The third-order valence-electron chi connectivity index (χ3n) is 3.62. The lowest BCUT2D eigenvalue weighted by Gasteiger charge is -2.27. The molecule has 0 saturated heterocycles. The molecule has 1 aromatic carbocycles. The zero-order chi connectivity index (χ0) is 14.7. The predicted molar refractivity (Wildman–Crippen MR) is 81.7 cm³/mol. The number of hydrogen-bond acceptors (Lipinski definition) is 2. The van der Waals surface area contributed by atoms with Crippen LogP contribution < -0.4 is 4.90 Å². The smallest absolute Gasteiger partial charge is 0.129 e. The second kappa shape index (κ2) is 6.23. The van der Waals surface area contributed by atoms with E-state index in [2.05, 4.69) is 4.98 Å². The van der Waals surface area contributed by atoms with Gasteiger partial charge in [-0.05, 0) is 31.5 Å². The molecule has 0 saturated carbocycles. The Kier molecular flexibility index (Phi) is 4.61. The van der Waals surface area contributed by atoms with Crippen molar-refractivity contribution in [2.24, 2.45) is 0 Å². The van der Waals surface area contributed by atoms with Crippen LogP contribution in [0.25, 0.3) is 0 Å². The van der Waals surface area contributed by atoms with Crippen LogP contribution in [0.3, 0.4) is 0 Å². The number of halogens is 2. The van der Waals surface area contributed by atoms with Gasteiger partial charge in [0.25, 0.3) is 0 Å². The Morgan fingerprint density at radius 2 is 1.95 bits per heavy atom. The quantitative estimate of drug-likeness (QED) is 0.773. The summed E-state index contributed by atoms with van der Waals surface area (Å²) in [5.41, 5.74) is 2.59. The van der Waals surface area contributed by atoms with E-state index < -0.39 is 0 Å². The largest absolute Gasteiger partial charge is 0.353 e. The van der Waals surface area contributed by atoms with E-state index in [-0.39, 0.29) is 11.9 Å². The van der Waals surface area contributed by atoms with Crippen LogP contribution in [-0.2, 0) is 5.88 Å². The molecule has 2 rings (SSSR count). The Morgan fingerprint density at radius 3 is 2.55 bits per heavy atom. The number of pyridine rings is 1. The van der Waals surface area contributed by atoms with E-state index in [1.54, 1.807) is 12.1 Å². The molecule has 1 heterocycles. The van der Waals surface area contributed by atoms with Gasteiger partial charge in [-0.3, -0.25) is 0 Å². The molecule has 0 aliphatic rings. The highest BCUT2D eigenvalue weighted by molar-refractivity contribution is 6.17. The van der Waals surface area contributed by atoms with Gasteiger partial charge in [0.05, 0.1) is 6.04 Å². The number of aryl methyl sites for hydroxylation is 1. The van der Waals surface area contributed by atoms with Crippen molar-refractivity contribution in [1.29, 1.82) is 0 Å². The predicted octanol–water partition coefficient (Wildman–Crippen LogP) is 4.47. The summed E-state index contributed by atoms with van der Waals surface area (Å²) in [5.74, 6) is 1.07. The molecule has 0 bridgehead atoms. The first kappa shape index (κ1) is 14.8. The van der Waals surface area contributed by atoms with Crippen LogP contribution in [0.1, 0.15) is 29.8 Å². The van der Waals surface area contributed by atoms with E-state index >= 15 is 0 Å². The highest BCUT2D eigenvalue weighted by atomic mass is 35.5. The van der Waals surface area contributed by atoms with Crippen LogP contribution in [0.15, 0.2) is 36.4 Å². The number of alkyl halides is 1. The van der Waals surface area contributed by atoms with E-state index in [4.69, 9.17) is 11.6 Å². The summed E-state index contributed by atoms with van der Waals surface area (Å²) >= 11 is 5.84. The summed E-state index contributed by atoms with van der Waals surface area (Å²) in [6.07, 6.45) is 0. The van der Waals surface area contributed by atoms with Crippen molar-refractivity contribution in [3.63, 3.8) is 0 Å². The second-order valence-electron chi connectivity index (χ2n) is 4.86. The zero-order valence-electron chi connectivity index (χ0n) is 11.9. The molecule has 106 valence electrons. The molecule has 1 atom stereocenters. The van der Waals surface area contributed by atoms with E-state index in [9.17, 15) is 4.39 Å². The third kappa shape index (κ3) is 2.93. The third-order valence-corrected chi connectivity index (χ3v) is 3.91. The average molecular weight is 293 g/mol. The number of hydrogen-bond donors (Lipinski definition) is 0. The van der Waals surface area contributed by atoms with Gasteiger partial charge in [-0.25, -0.2) is 9.37 Å². The summed E-state index contributed by atoms with van der Waals surface area (Å²) in [7, 11) is 1.92. The molecule has 4 heteroatoms. The molecule has 0 spiro atoms. The topological polar surface area (TPSA) is 16.1 Å². The molecular weight excluding hydrogens is 275 g/mol. The summed E-state index contributed by atoms with van der Waals surface area (Å²) in [6, 6.07) is 10.6. The van der Waals surface area contributed by atoms with Crippen molar-refractivity contribution in [3.05, 3.63) is 59.0 Å². The molecule has 0 N–H and O–H groups in total. The van der Waals surface area contributed by atoms with Crippen LogP contribution in [0.5, 0.6) is 0 Å². The molecule has 0 radical (unpaired) electrons. The minimum absolute atomic E-state index is 0.0926. The molecule has 0 aliphatic heterocycles. The number of nitrogens with zero attached hydrogens (tertiary/aromatic N) is 2. The van der Waals surface area contributed by atoms with Crippen LogP contribution in [0.2, 0.25) is 0 Å². The monoisotopic (exact) mass is 292 g/mol. The number of rotatable bonds is 4. The molecular formula is C16H18ClFN2. The van der Waals surface area contributed by atoms with Crippen LogP contribution in [-0.4, -0.2) is 12.0 Å². The van der Waals surface area contributed by atoms with Crippen LogP contribution in [0.4, 0.5) is 10.2 Å². The number of aromatic nitrogens is 1. The molecule has 2 aromatic rings. The molecule has 20 heavy (non-hydrogen) atoms. The maximum atomic E-state index is 13.8. The van der Waals surface area contributed by atoms with Gasteiger partial charge in [-0.15, -0.1) is 11.6 Å². The maximum absolute atomic E-state index is 13.8. The zero-order valence-corrected chi connectivity index (χ0v) is 12.7. The van der Waals surface area contributed by atoms with Crippen molar-refractivity contribution in [2.45, 2.75) is 25.8 Å². The van der Waals surface area contributed by atoms with Gasteiger partial charge in [0.15, 0.2) is 0 Å². The lowest BCUT2D eigenvalue weighted by atomic mass is 10.1. The van der Waals surface area contributed by atoms with Gasteiger partial charge in [-0.1, -0.05) is 24.3 Å². The Labute approximate surface area is 124 Å². The van der Waals surface area contributed by atoms with E-state index in [1.165, 1.54) is 6.07 Å². The number of benzene rings is 1. The van der Waals surface area contributed by atoms with Crippen molar-refractivity contribution in [2.75, 3.05) is 11.9 Å². The van der Waals surface area contributed by atoms with Gasteiger partial charge in [0.2, 0.25) is 0 Å². The average Bonchev–Trinajstić information content (AvgIpc) is 2.46. The maximum Gasteiger partial charge on any atom is 0.129 e. The summed E-state index contributed by atoms with van der Waals surface area (Å²) < 4.78 is 13.8. The summed E-state index contributed by atoms with van der Waals surface area (Å²) in [4.78, 5) is 6.50. The molecule has 1 aromatic heterocycles. The Bertz CT molecular complexity index is 601. The second-order valence-corrected chi connectivity index (χ2v) is 5.12. The van der Waals surface area contributed by atoms with Gasteiger partial charge >= 0.3 is 0 Å². The molecule has 1 unspecified atom stereocenters. The fraction of sp³-hybridized carbons (Fsp3) is 0.312. The number of anilines is 1. The standard InChI is InChI=1S/C16H18ClFN2/c1-11-13(10-17)8-9-16(19-11)20(3)12(2)14-6-4-5-7-15(14)18/h4-9,12H,10H2,1-3H3. The molecule has 0 aliphatic carbocycles. The molecule has 2 nitrogen and oxygen atoms in total. The fourth-order valence-electron chi connectivity index (χ4n) is 2.14. The minimum atomic E-state index is -0.194. The summed E-state index contributed by atoms with van der Waals surface area (Å²) in [6.45, 7) is 3.90. The van der Waals surface area contributed by atoms with E-state index in [1.807, 2.05) is 44.0 Å². The van der Waals surface area contributed by atoms with Gasteiger partial charge < -0.3 is 4.90 Å². The highest BCUT2D eigenvalue weighted by Gasteiger charge is 2.17. The normalized spacial score (nSPS) is 12.2. The van der Waals surface area contributed by atoms with Crippen molar-refractivity contribution < 1.29 is 4.39 Å². The van der Waals surface area contributed by atoms with E-state index in [0.29, 0.717) is 11.4 Å². The summed E-state index contributed by atoms with van der Waals surface area (Å²) in [5, 5.41) is 0. The lowest BCUT2D eigenvalue weighted by molar-refractivity contribution is 0.584. The van der Waals surface area contributed by atoms with Crippen molar-refractivity contribution >= 4 is 17.4 Å². The lowest BCUT2D eigenvalue weighted by Crippen LogP contribution is -2.23. The van der Waals surface area contributed by atoms with Crippen molar-refractivity contribution in [3.8, 4) is 0 Å². The Balaban J connectivity index is 2.29. The van der Waals surface area contributed by atoms with Crippen LogP contribution >= 0.6 is 11.6 Å². The molecule has 0 amide bonds. The SMILES string of the molecule is Cc1nc(N(C)C(C)c2ccccc2F)ccc1CCl. The Hall–Kier alpha value is -1.61. The van der Waals surface area contributed by atoms with Crippen molar-refractivity contribution in [1.82, 2.24) is 4.98 Å². The van der Waals surface area contributed by atoms with E-state index in [0.717, 1.165) is 17.1 Å². The fourth-order valence-corrected chi connectivity index (χ4v) is 2.42. The molecule has 0 fully saturated rings. The first-order chi connectivity index (χ1) is 9.54.